The Morgan fingerprint density at radius 2 is 1.45 bits per heavy atom. The normalized spacial score (nSPS) is 21.0. The second-order valence-corrected chi connectivity index (χ2v) is 9.88. The lowest BCUT2D eigenvalue weighted by Gasteiger charge is -2.45. The second kappa shape index (κ2) is 15.8. The number of hydrogen-bond acceptors (Lipinski definition) is 13. The predicted octanol–water partition coefficient (Wildman–Crippen LogP) is 2.50. The lowest BCUT2D eigenvalue weighted by atomic mass is 9.88. The Balaban J connectivity index is 2.13. The molecular weight excluding hydrogens is 580 g/mol. The van der Waals surface area contributed by atoms with E-state index in [1.807, 2.05) is 12.1 Å². The summed E-state index contributed by atoms with van der Waals surface area (Å²) in [6.07, 6.45) is -5.98. The van der Waals surface area contributed by atoms with Crippen molar-refractivity contribution in [3.8, 4) is 5.75 Å². The smallest absolute Gasteiger partial charge is 0.337 e. The van der Waals surface area contributed by atoms with Gasteiger partial charge in [0.2, 0.25) is 0 Å². The van der Waals surface area contributed by atoms with Crippen LogP contribution in [0, 0.1) is 0 Å². The molecule has 0 spiro atoms. The zero-order valence-corrected chi connectivity index (χ0v) is 25.4. The second-order valence-electron chi connectivity index (χ2n) is 9.88. The van der Waals surface area contributed by atoms with Gasteiger partial charge in [-0.2, -0.15) is 0 Å². The first-order valence-corrected chi connectivity index (χ1v) is 13.6. The van der Waals surface area contributed by atoms with Gasteiger partial charge in [0.15, 0.2) is 18.3 Å². The third-order valence-corrected chi connectivity index (χ3v) is 6.58. The first-order valence-electron chi connectivity index (χ1n) is 13.6. The molecule has 3 rings (SSSR count). The molecular formula is C31H36O13. The van der Waals surface area contributed by atoms with Gasteiger partial charge in [-0.05, 0) is 41.8 Å². The van der Waals surface area contributed by atoms with E-state index in [1.54, 1.807) is 30.3 Å². The highest BCUT2D eigenvalue weighted by atomic mass is 16.7. The predicted molar refractivity (Wildman–Crippen MR) is 151 cm³/mol. The molecule has 13 nitrogen and oxygen atoms in total. The van der Waals surface area contributed by atoms with Crippen LogP contribution in [0.4, 0.5) is 0 Å². The minimum atomic E-state index is -1.39. The van der Waals surface area contributed by atoms with Crippen LogP contribution < -0.4 is 4.74 Å². The van der Waals surface area contributed by atoms with E-state index in [1.165, 1.54) is 35.2 Å². The molecule has 2 aromatic carbocycles. The van der Waals surface area contributed by atoms with Crippen molar-refractivity contribution in [1.82, 2.24) is 0 Å². The summed E-state index contributed by atoms with van der Waals surface area (Å²) in [4.78, 5) is 60.9. The van der Waals surface area contributed by atoms with Gasteiger partial charge in [0.05, 0.1) is 19.8 Å². The van der Waals surface area contributed by atoms with Crippen molar-refractivity contribution < 1.29 is 61.9 Å². The Kier molecular flexibility index (Phi) is 12.2. The molecule has 0 N–H and O–H groups in total. The van der Waals surface area contributed by atoms with Gasteiger partial charge in [0.25, 0.3) is 0 Å². The minimum absolute atomic E-state index is 0.346. The summed E-state index contributed by atoms with van der Waals surface area (Å²) in [6.45, 7) is 2.68. The number of ether oxygens (including phenoxy) is 8. The van der Waals surface area contributed by atoms with Gasteiger partial charge in [-0.15, -0.1) is 0 Å². The van der Waals surface area contributed by atoms with E-state index in [2.05, 4.69) is 0 Å². The van der Waals surface area contributed by atoms with Crippen molar-refractivity contribution in [2.75, 3.05) is 34.5 Å². The van der Waals surface area contributed by atoms with E-state index in [0.29, 0.717) is 23.3 Å². The monoisotopic (exact) mass is 616 g/mol. The SMILES string of the molecule is COCC(=O)O[C@H]1[C@@H](OC(C)=O)[C@@H](COC(C)=O)O[C@@H](c2cc(Cc3cccc(C(=O)OC)c3)ccc2OC)[C@@H]1OC(C)=O. The molecule has 1 aliphatic rings. The summed E-state index contributed by atoms with van der Waals surface area (Å²) in [7, 11) is 4.03. The van der Waals surface area contributed by atoms with Crippen LogP contribution in [0.25, 0.3) is 0 Å². The fourth-order valence-electron chi connectivity index (χ4n) is 4.87. The molecule has 0 amide bonds. The van der Waals surface area contributed by atoms with Gasteiger partial charge in [0, 0.05) is 33.4 Å². The molecule has 5 atom stereocenters. The number of esters is 5. The van der Waals surface area contributed by atoms with Gasteiger partial charge in [-0.3, -0.25) is 14.4 Å². The van der Waals surface area contributed by atoms with Gasteiger partial charge in [-0.1, -0.05) is 18.2 Å². The van der Waals surface area contributed by atoms with Crippen molar-refractivity contribution in [3.63, 3.8) is 0 Å². The highest BCUT2D eigenvalue weighted by Gasteiger charge is 2.53. The average molecular weight is 617 g/mol. The Labute approximate surface area is 254 Å². The Morgan fingerprint density at radius 1 is 0.773 bits per heavy atom. The summed E-state index contributed by atoms with van der Waals surface area (Å²) >= 11 is 0. The molecule has 1 aliphatic heterocycles. The van der Waals surface area contributed by atoms with Crippen LogP contribution in [-0.4, -0.2) is 88.8 Å². The zero-order valence-electron chi connectivity index (χ0n) is 25.4. The molecule has 0 unspecified atom stereocenters. The van der Waals surface area contributed by atoms with E-state index in [4.69, 9.17) is 37.9 Å². The van der Waals surface area contributed by atoms with Gasteiger partial charge in [0.1, 0.15) is 31.2 Å². The highest BCUT2D eigenvalue weighted by Crippen LogP contribution is 2.41. The molecule has 1 saturated heterocycles. The third-order valence-electron chi connectivity index (χ3n) is 6.58. The van der Waals surface area contributed by atoms with Crippen molar-refractivity contribution in [3.05, 3.63) is 64.7 Å². The van der Waals surface area contributed by atoms with Crippen molar-refractivity contribution in [2.24, 2.45) is 0 Å². The molecule has 0 bridgehead atoms. The van der Waals surface area contributed by atoms with E-state index >= 15 is 0 Å². The van der Waals surface area contributed by atoms with Gasteiger partial charge < -0.3 is 37.9 Å². The number of benzene rings is 2. The molecule has 0 aliphatic carbocycles. The third kappa shape index (κ3) is 9.01. The molecule has 0 radical (unpaired) electrons. The summed E-state index contributed by atoms with van der Waals surface area (Å²) in [5.74, 6) is -3.06. The quantitative estimate of drug-likeness (QED) is 0.253. The standard InChI is InChI=1S/C31H36O13/c1-17(32)40-15-25-28(41-18(2)33)30(44-26(35)16-37-4)29(42-19(3)34)27(43-25)23-14-21(10-11-24(23)38-5)12-20-8-7-9-22(13-20)31(36)39-6/h7-11,13-14,25,27-30H,12,15-16H2,1-6H3/t25-,27+,28+,29+,30+/m1/s1. The van der Waals surface area contributed by atoms with Crippen LogP contribution >= 0.6 is 0 Å². The lowest BCUT2D eigenvalue weighted by molar-refractivity contribution is -0.255. The van der Waals surface area contributed by atoms with Crippen molar-refractivity contribution >= 4 is 29.8 Å². The maximum absolute atomic E-state index is 12.7. The van der Waals surface area contributed by atoms with Gasteiger partial charge in [-0.25, -0.2) is 9.59 Å². The van der Waals surface area contributed by atoms with Crippen LogP contribution in [0.2, 0.25) is 0 Å². The molecule has 0 aromatic heterocycles. The first kappa shape index (κ1) is 34.0. The molecule has 1 fully saturated rings. The number of rotatable bonds is 12. The summed E-state index contributed by atoms with van der Waals surface area (Å²) in [5, 5.41) is 0. The topological polar surface area (TPSA) is 159 Å². The minimum Gasteiger partial charge on any atom is -0.496 e. The van der Waals surface area contributed by atoms with Crippen LogP contribution in [0.5, 0.6) is 5.75 Å². The molecule has 238 valence electrons. The molecule has 44 heavy (non-hydrogen) atoms. The molecule has 13 heteroatoms. The lowest BCUT2D eigenvalue weighted by Crippen LogP contribution is -2.59. The van der Waals surface area contributed by atoms with E-state index in [9.17, 15) is 24.0 Å². The molecule has 2 aromatic rings. The summed E-state index contributed by atoms with van der Waals surface area (Å²) in [5.41, 5.74) is 2.36. The Morgan fingerprint density at radius 3 is 2.07 bits per heavy atom. The van der Waals surface area contributed by atoms with Crippen molar-refractivity contribution in [2.45, 2.75) is 57.7 Å². The number of methoxy groups -OCH3 is 3. The average Bonchev–Trinajstić information content (AvgIpc) is 2.97. The van der Waals surface area contributed by atoms with E-state index < -0.39 is 67.0 Å². The van der Waals surface area contributed by atoms with Crippen LogP contribution in [-0.2, 0) is 58.8 Å². The van der Waals surface area contributed by atoms with Gasteiger partial charge >= 0.3 is 29.8 Å². The maximum Gasteiger partial charge on any atom is 0.337 e. The van der Waals surface area contributed by atoms with Crippen LogP contribution in [0.15, 0.2) is 42.5 Å². The van der Waals surface area contributed by atoms with Crippen LogP contribution in [0.1, 0.15) is 53.9 Å². The Hall–Kier alpha value is -4.49. The van der Waals surface area contributed by atoms with E-state index in [-0.39, 0.29) is 6.61 Å². The molecule has 1 heterocycles. The maximum atomic E-state index is 12.7. The summed E-state index contributed by atoms with van der Waals surface area (Å²) in [6, 6.07) is 12.2. The van der Waals surface area contributed by atoms with E-state index in [0.717, 1.165) is 18.1 Å². The molecule has 0 saturated carbocycles. The van der Waals surface area contributed by atoms with Crippen LogP contribution in [0.3, 0.4) is 0 Å². The number of carbonyl (C=O) groups excluding carboxylic acids is 5. The largest absolute Gasteiger partial charge is 0.496 e. The zero-order chi connectivity index (χ0) is 32.4. The van der Waals surface area contributed by atoms with Crippen molar-refractivity contribution in [1.29, 1.82) is 0 Å². The first-order chi connectivity index (χ1) is 21.0. The Bertz CT molecular complexity index is 1350. The fourth-order valence-corrected chi connectivity index (χ4v) is 4.87. The number of carbonyl (C=O) groups is 5. The number of hydrogen-bond donors (Lipinski definition) is 0. The fraction of sp³-hybridized carbons (Fsp3) is 0.452. The summed E-state index contributed by atoms with van der Waals surface area (Å²) < 4.78 is 43.7. The highest BCUT2D eigenvalue weighted by molar-refractivity contribution is 5.89.